The highest BCUT2D eigenvalue weighted by Gasteiger charge is 1.99. The van der Waals surface area contributed by atoms with E-state index in [0.717, 1.165) is 25.2 Å². The first-order valence-electron chi connectivity index (χ1n) is 21.1. The Labute approximate surface area is 314 Å². The van der Waals surface area contributed by atoms with Crippen LogP contribution in [0.4, 0.5) is 0 Å². The summed E-state index contributed by atoms with van der Waals surface area (Å²) < 4.78 is 44.9. The van der Waals surface area contributed by atoms with Gasteiger partial charge in [0.2, 0.25) is 0 Å². The van der Waals surface area contributed by atoms with E-state index in [1.54, 1.807) is 0 Å². The van der Waals surface area contributed by atoms with Crippen LogP contribution in [0.2, 0.25) is 0 Å². The summed E-state index contributed by atoms with van der Waals surface area (Å²) in [6.07, 6.45) is 27.0. The van der Waals surface area contributed by atoms with Crippen molar-refractivity contribution in [3.05, 3.63) is 29.8 Å². The van der Waals surface area contributed by atoms with Gasteiger partial charge in [-0.2, -0.15) is 0 Å². The minimum absolute atomic E-state index is 0.535. The molecule has 0 amide bonds. The molecule has 300 valence electrons. The average Bonchev–Trinajstić information content (AvgIpc) is 3.15. The van der Waals surface area contributed by atoms with E-state index in [9.17, 15) is 0 Å². The van der Waals surface area contributed by atoms with Gasteiger partial charge in [-0.25, -0.2) is 0 Å². The number of ether oxygens (including phenoxy) is 8. The zero-order chi connectivity index (χ0) is 36.4. The van der Waals surface area contributed by atoms with Crippen molar-refractivity contribution >= 4 is 0 Å². The molecule has 0 aliphatic heterocycles. The van der Waals surface area contributed by atoms with Gasteiger partial charge < -0.3 is 37.9 Å². The Morgan fingerprint density at radius 3 is 0.961 bits per heavy atom. The summed E-state index contributed by atoms with van der Waals surface area (Å²) in [4.78, 5) is 0. The number of benzene rings is 1. The second-order valence-corrected chi connectivity index (χ2v) is 13.5. The topological polar surface area (TPSA) is 73.8 Å². The Morgan fingerprint density at radius 2 is 0.588 bits per heavy atom. The maximum Gasteiger partial charge on any atom is 0.119 e. The molecule has 0 heterocycles. The van der Waals surface area contributed by atoms with Gasteiger partial charge in [0.05, 0.1) is 85.9 Å². The SMILES string of the molecule is CCCCCCCCCCCCCCCOCCOCCOCCOCCOCCOCCOCCOc1ccc(CCCCCCCC)cc1. The Balaban J connectivity index is 1.68. The molecule has 0 N–H and O–H groups in total. The van der Waals surface area contributed by atoms with Crippen molar-refractivity contribution in [1.29, 1.82) is 0 Å². The zero-order valence-corrected chi connectivity index (χ0v) is 33.3. The van der Waals surface area contributed by atoms with Crippen molar-refractivity contribution in [1.82, 2.24) is 0 Å². The molecule has 0 fully saturated rings. The number of unbranched alkanes of at least 4 members (excludes halogenated alkanes) is 17. The molecular weight excluding hydrogens is 644 g/mol. The number of aryl methyl sites for hydroxylation is 1. The molecule has 0 aliphatic rings. The lowest BCUT2D eigenvalue weighted by Crippen LogP contribution is -2.15. The summed E-state index contributed by atoms with van der Waals surface area (Å²) in [5.41, 5.74) is 1.39. The first-order valence-corrected chi connectivity index (χ1v) is 21.1. The van der Waals surface area contributed by atoms with E-state index >= 15 is 0 Å². The van der Waals surface area contributed by atoms with Gasteiger partial charge in [-0.1, -0.05) is 135 Å². The van der Waals surface area contributed by atoms with Crippen LogP contribution >= 0.6 is 0 Å². The Hall–Kier alpha value is -1.26. The van der Waals surface area contributed by atoms with Crippen LogP contribution in [0.5, 0.6) is 5.75 Å². The van der Waals surface area contributed by atoms with Crippen LogP contribution in [0, 0.1) is 0 Å². The van der Waals surface area contributed by atoms with Crippen LogP contribution in [0.25, 0.3) is 0 Å². The highest BCUT2D eigenvalue weighted by Crippen LogP contribution is 2.15. The lowest BCUT2D eigenvalue weighted by atomic mass is 10.0. The maximum atomic E-state index is 5.79. The number of hydrogen-bond donors (Lipinski definition) is 0. The van der Waals surface area contributed by atoms with Crippen molar-refractivity contribution in [3.8, 4) is 5.75 Å². The number of hydrogen-bond acceptors (Lipinski definition) is 8. The molecule has 0 spiro atoms. The second kappa shape index (κ2) is 41.5. The minimum Gasteiger partial charge on any atom is -0.491 e. The van der Waals surface area contributed by atoms with Crippen LogP contribution < -0.4 is 4.74 Å². The summed E-state index contributed by atoms with van der Waals surface area (Å²) in [6, 6.07) is 8.47. The van der Waals surface area contributed by atoms with E-state index in [4.69, 9.17) is 37.9 Å². The Morgan fingerprint density at radius 1 is 0.294 bits per heavy atom. The van der Waals surface area contributed by atoms with Crippen molar-refractivity contribution < 1.29 is 37.9 Å². The first kappa shape index (κ1) is 47.8. The van der Waals surface area contributed by atoms with Crippen LogP contribution in [-0.2, 0) is 39.6 Å². The Kier molecular flexibility index (Phi) is 38.9. The van der Waals surface area contributed by atoms with Gasteiger partial charge >= 0.3 is 0 Å². The molecule has 1 aromatic rings. The lowest BCUT2D eigenvalue weighted by Gasteiger charge is -2.09. The summed E-state index contributed by atoms with van der Waals surface area (Å²) in [6.45, 7) is 13.2. The summed E-state index contributed by atoms with van der Waals surface area (Å²) >= 11 is 0. The minimum atomic E-state index is 0.535. The van der Waals surface area contributed by atoms with Crippen molar-refractivity contribution in [3.63, 3.8) is 0 Å². The molecule has 1 aromatic carbocycles. The zero-order valence-electron chi connectivity index (χ0n) is 33.3. The molecule has 51 heavy (non-hydrogen) atoms. The molecule has 0 unspecified atom stereocenters. The van der Waals surface area contributed by atoms with Crippen LogP contribution in [-0.4, -0.2) is 99.1 Å². The van der Waals surface area contributed by atoms with Gasteiger partial charge in [0.25, 0.3) is 0 Å². The van der Waals surface area contributed by atoms with Gasteiger partial charge in [-0.05, 0) is 37.0 Å². The van der Waals surface area contributed by atoms with Gasteiger partial charge in [-0.3, -0.25) is 0 Å². The fraction of sp³-hybridized carbons (Fsp3) is 0.860. The van der Waals surface area contributed by atoms with E-state index in [2.05, 4.69) is 38.1 Å². The van der Waals surface area contributed by atoms with Gasteiger partial charge in [0.1, 0.15) is 12.4 Å². The van der Waals surface area contributed by atoms with E-state index in [0.29, 0.717) is 92.5 Å². The molecule has 0 saturated carbocycles. The Bertz CT molecular complexity index is 778. The van der Waals surface area contributed by atoms with Crippen molar-refractivity contribution in [2.24, 2.45) is 0 Å². The molecule has 1 rings (SSSR count). The monoisotopic (exact) mass is 725 g/mol. The van der Waals surface area contributed by atoms with Gasteiger partial charge in [0, 0.05) is 6.61 Å². The fourth-order valence-corrected chi connectivity index (χ4v) is 5.72. The number of rotatable bonds is 43. The molecule has 0 aliphatic carbocycles. The predicted molar refractivity (Wildman–Crippen MR) is 210 cm³/mol. The van der Waals surface area contributed by atoms with Crippen molar-refractivity contribution in [2.75, 3.05) is 99.1 Å². The predicted octanol–water partition coefficient (Wildman–Crippen LogP) is 10.2. The van der Waals surface area contributed by atoms with E-state index in [-0.39, 0.29) is 0 Å². The van der Waals surface area contributed by atoms with Crippen LogP contribution in [0.3, 0.4) is 0 Å². The molecule has 0 aromatic heterocycles. The van der Waals surface area contributed by atoms with Crippen LogP contribution in [0.1, 0.15) is 141 Å². The summed E-state index contributed by atoms with van der Waals surface area (Å²) in [5.74, 6) is 0.895. The van der Waals surface area contributed by atoms with Gasteiger partial charge in [-0.15, -0.1) is 0 Å². The molecule has 8 heteroatoms. The molecule has 0 radical (unpaired) electrons. The van der Waals surface area contributed by atoms with Gasteiger partial charge in [0.15, 0.2) is 0 Å². The fourth-order valence-electron chi connectivity index (χ4n) is 5.72. The maximum absolute atomic E-state index is 5.79. The van der Waals surface area contributed by atoms with E-state index < -0.39 is 0 Å². The molecular formula is C43H80O8. The van der Waals surface area contributed by atoms with Crippen molar-refractivity contribution in [2.45, 2.75) is 142 Å². The largest absolute Gasteiger partial charge is 0.491 e. The lowest BCUT2D eigenvalue weighted by molar-refractivity contribution is -0.0213. The quantitative estimate of drug-likeness (QED) is 0.0617. The second-order valence-electron chi connectivity index (χ2n) is 13.5. The highest BCUT2D eigenvalue weighted by molar-refractivity contribution is 5.27. The third-order valence-electron chi connectivity index (χ3n) is 8.86. The third-order valence-corrected chi connectivity index (χ3v) is 8.86. The highest BCUT2D eigenvalue weighted by atomic mass is 16.6. The van der Waals surface area contributed by atoms with Crippen LogP contribution in [0.15, 0.2) is 24.3 Å². The normalized spacial score (nSPS) is 11.5. The van der Waals surface area contributed by atoms with E-state index in [1.165, 1.54) is 121 Å². The molecule has 0 bridgehead atoms. The van der Waals surface area contributed by atoms with E-state index in [1.807, 2.05) is 0 Å². The smallest absolute Gasteiger partial charge is 0.119 e. The molecule has 8 nitrogen and oxygen atoms in total. The third kappa shape index (κ3) is 36.9. The first-order chi connectivity index (χ1) is 25.4. The molecule has 0 saturated heterocycles. The molecule has 0 atom stereocenters. The average molecular weight is 725 g/mol. The summed E-state index contributed by atoms with van der Waals surface area (Å²) in [7, 11) is 0. The standard InChI is InChI=1S/C43H80O8/c1-3-5-7-9-11-12-13-14-15-16-17-19-21-27-44-28-29-45-30-31-46-32-33-47-34-35-48-36-37-49-38-39-50-40-41-51-43-25-23-42(24-26-43)22-20-18-10-8-6-4-2/h23-26H,3-22,27-41H2,1-2H3. The summed E-state index contributed by atoms with van der Waals surface area (Å²) in [5, 5.41) is 0.